The minimum absolute atomic E-state index is 0.202. The molecule has 2 heteroatoms. The van der Waals surface area contributed by atoms with Crippen LogP contribution in [0.5, 0.6) is 0 Å². The van der Waals surface area contributed by atoms with E-state index in [1.165, 1.54) is 19.3 Å². The van der Waals surface area contributed by atoms with Crippen LogP contribution in [-0.4, -0.2) is 11.3 Å². The van der Waals surface area contributed by atoms with Gasteiger partial charge in [0.1, 0.15) is 5.78 Å². The molecule has 1 fully saturated rings. The van der Waals surface area contributed by atoms with E-state index in [-0.39, 0.29) is 5.54 Å². The fourth-order valence-electron chi connectivity index (χ4n) is 2.75. The summed E-state index contributed by atoms with van der Waals surface area (Å²) in [7, 11) is 0. The van der Waals surface area contributed by atoms with E-state index in [0.29, 0.717) is 24.0 Å². The van der Waals surface area contributed by atoms with Crippen molar-refractivity contribution < 1.29 is 4.79 Å². The number of hydrogen-bond donors (Lipinski definition) is 1. The molecule has 0 spiro atoms. The summed E-state index contributed by atoms with van der Waals surface area (Å²) in [5.74, 6) is 1.44. The van der Waals surface area contributed by atoms with Gasteiger partial charge in [0, 0.05) is 17.9 Å². The van der Waals surface area contributed by atoms with E-state index in [0.717, 1.165) is 19.3 Å². The molecule has 1 rings (SSSR count). The Morgan fingerprint density at radius 3 is 2.50 bits per heavy atom. The van der Waals surface area contributed by atoms with E-state index in [4.69, 9.17) is 5.73 Å². The Hall–Kier alpha value is -0.370. The lowest BCUT2D eigenvalue weighted by molar-refractivity contribution is -0.126. The van der Waals surface area contributed by atoms with Gasteiger partial charge in [-0.1, -0.05) is 26.2 Å². The highest BCUT2D eigenvalue weighted by atomic mass is 16.1. The van der Waals surface area contributed by atoms with Crippen LogP contribution in [0.1, 0.15) is 65.7 Å². The molecule has 0 heterocycles. The van der Waals surface area contributed by atoms with Crippen molar-refractivity contribution in [3.8, 4) is 0 Å². The summed E-state index contributed by atoms with van der Waals surface area (Å²) in [6, 6.07) is 0. The maximum absolute atomic E-state index is 12.2. The summed E-state index contributed by atoms with van der Waals surface area (Å²) in [6.45, 7) is 6.21. The van der Waals surface area contributed by atoms with Crippen LogP contribution in [0.15, 0.2) is 0 Å². The van der Waals surface area contributed by atoms with E-state index in [9.17, 15) is 4.79 Å². The van der Waals surface area contributed by atoms with Crippen molar-refractivity contribution >= 4 is 5.78 Å². The van der Waals surface area contributed by atoms with Crippen LogP contribution in [0.2, 0.25) is 0 Å². The van der Waals surface area contributed by atoms with Crippen molar-refractivity contribution in [1.29, 1.82) is 0 Å². The van der Waals surface area contributed by atoms with Crippen LogP contribution in [0.3, 0.4) is 0 Å². The van der Waals surface area contributed by atoms with Crippen LogP contribution >= 0.6 is 0 Å². The van der Waals surface area contributed by atoms with Gasteiger partial charge in [0.05, 0.1) is 0 Å². The molecule has 0 saturated heterocycles. The van der Waals surface area contributed by atoms with Crippen LogP contribution in [0, 0.1) is 11.8 Å². The second-order valence-corrected chi connectivity index (χ2v) is 6.01. The average Bonchev–Trinajstić information content (AvgIpc) is 2.25. The van der Waals surface area contributed by atoms with Gasteiger partial charge in [0.15, 0.2) is 0 Å². The van der Waals surface area contributed by atoms with Crippen molar-refractivity contribution in [3.63, 3.8) is 0 Å². The first-order valence-corrected chi connectivity index (χ1v) is 6.75. The number of carbonyl (C=O) groups excluding carboxylic acids is 1. The standard InChI is InChI=1S/C14H27NO/c1-4-11-7-5-6-8-12(11)13(16)9-10-14(2,3)15/h11-12H,4-10,15H2,1-3H3. The van der Waals surface area contributed by atoms with Crippen molar-refractivity contribution in [2.45, 2.75) is 71.3 Å². The van der Waals surface area contributed by atoms with Gasteiger partial charge in [-0.15, -0.1) is 0 Å². The van der Waals surface area contributed by atoms with Crippen LogP contribution < -0.4 is 5.73 Å². The molecule has 0 aromatic rings. The number of rotatable bonds is 5. The molecule has 0 aromatic heterocycles. The molecule has 0 aromatic carbocycles. The largest absolute Gasteiger partial charge is 0.326 e. The fraction of sp³-hybridized carbons (Fsp3) is 0.929. The molecule has 0 amide bonds. The third-order valence-corrected chi connectivity index (χ3v) is 3.86. The Morgan fingerprint density at radius 2 is 1.94 bits per heavy atom. The molecule has 1 saturated carbocycles. The molecule has 1 aliphatic rings. The summed E-state index contributed by atoms with van der Waals surface area (Å²) in [5.41, 5.74) is 5.73. The molecule has 94 valence electrons. The SMILES string of the molecule is CCC1CCCCC1C(=O)CCC(C)(C)N. The van der Waals surface area contributed by atoms with E-state index >= 15 is 0 Å². The molecular formula is C14H27NO. The Balaban J connectivity index is 2.45. The fourth-order valence-corrected chi connectivity index (χ4v) is 2.75. The monoisotopic (exact) mass is 225 g/mol. The van der Waals surface area contributed by atoms with Gasteiger partial charge in [-0.05, 0) is 39.0 Å². The molecule has 2 unspecified atom stereocenters. The topological polar surface area (TPSA) is 43.1 Å². The van der Waals surface area contributed by atoms with Gasteiger partial charge in [0.2, 0.25) is 0 Å². The number of nitrogens with two attached hydrogens (primary N) is 1. The smallest absolute Gasteiger partial charge is 0.136 e. The Labute approximate surface area is 100.0 Å². The molecule has 0 bridgehead atoms. The van der Waals surface area contributed by atoms with Gasteiger partial charge in [-0.3, -0.25) is 4.79 Å². The van der Waals surface area contributed by atoms with E-state index in [1.807, 2.05) is 13.8 Å². The summed E-state index contributed by atoms with van der Waals surface area (Å²) >= 11 is 0. The van der Waals surface area contributed by atoms with Crippen molar-refractivity contribution in [2.75, 3.05) is 0 Å². The molecule has 2 N–H and O–H groups in total. The average molecular weight is 225 g/mol. The highest BCUT2D eigenvalue weighted by molar-refractivity contribution is 5.81. The number of Topliss-reactive ketones (excluding diaryl/α,β-unsaturated/α-hetero) is 1. The summed E-state index contributed by atoms with van der Waals surface area (Å²) in [6.07, 6.45) is 7.55. The first-order valence-electron chi connectivity index (χ1n) is 6.75. The van der Waals surface area contributed by atoms with E-state index < -0.39 is 0 Å². The quantitative estimate of drug-likeness (QED) is 0.780. The van der Waals surface area contributed by atoms with E-state index in [2.05, 4.69) is 6.92 Å². The Bertz CT molecular complexity index is 229. The first-order chi connectivity index (χ1) is 7.44. The number of carbonyl (C=O) groups is 1. The maximum atomic E-state index is 12.2. The third kappa shape index (κ3) is 4.25. The number of hydrogen-bond acceptors (Lipinski definition) is 2. The minimum Gasteiger partial charge on any atom is -0.326 e. The molecule has 0 radical (unpaired) electrons. The Morgan fingerprint density at radius 1 is 1.31 bits per heavy atom. The second-order valence-electron chi connectivity index (χ2n) is 6.01. The van der Waals surface area contributed by atoms with Crippen molar-refractivity contribution in [2.24, 2.45) is 17.6 Å². The van der Waals surface area contributed by atoms with E-state index in [1.54, 1.807) is 0 Å². The lowest BCUT2D eigenvalue weighted by Gasteiger charge is -2.30. The highest BCUT2D eigenvalue weighted by Crippen LogP contribution is 2.33. The summed E-state index contributed by atoms with van der Waals surface area (Å²) < 4.78 is 0. The van der Waals surface area contributed by atoms with Crippen LogP contribution in [0.25, 0.3) is 0 Å². The van der Waals surface area contributed by atoms with Crippen LogP contribution in [-0.2, 0) is 4.79 Å². The first kappa shape index (κ1) is 13.7. The lowest BCUT2D eigenvalue weighted by atomic mass is 9.74. The summed E-state index contributed by atoms with van der Waals surface area (Å²) in [5, 5.41) is 0. The minimum atomic E-state index is -0.202. The molecular weight excluding hydrogens is 198 g/mol. The molecule has 2 nitrogen and oxygen atoms in total. The normalized spacial score (nSPS) is 26.8. The molecule has 16 heavy (non-hydrogen) atoms. The zero-order valence-corrected chi connectivity index (χ0v) is 11.1. The highest BCUT2D eigenvalue weighted by Gasteiger charge is 2.29. The van der Waals surface area contributed by atoms with Crippen molar-refractivity contribution in [1.82, 2.24) is 0 Å². The third-order valence-electron chi connectivity index (χ3n) is 3.86. The maximum Gasteiger partial charge on any atom is 0.136 e. The zero-order chi connectivity index (χ0) is 12.2. The second kappa shape index (κ2) is 5.81. The zero-order valence-electron chi connectivity index (χ0n) is 11.1. The predicted octanol–water partition coefficient (Wildman–Crippen LogP) is 3.29. The Kier molecular flexibility index (Phi) is 4.97. The van der Waals surface area contributed by atoms with Gasteiger partial charge in [-0.25, -0.2) is 0 Å². The number of ketones is 1. The van der Waals surface area contributed by atoms with Crippen molar-refractivity contribution in [3.05, 3.63) is 0 Å². The molecule has 0 aliphatic heterocycles. The van der Waals surface area contributed by atoms with Gasteiger partial charge < -0.3 is 5.73 Å². The van der Waals surface area contributed by atoms with Gasteiger partial charge >= 0.3 is 0 Å². The molecule has 2 atom stereocenters. The van der Waals surface area contributed by atoms with Crippen LogP contribution in [0.4, 0.5) is 0 Å². The molecule has 1 aliphatic carbocycles. The summed E-state index contributed by atoms with van der Waals surface area (Å²) in [4.78, 5) is 12.2. The predicted molar refractivity (Wildman–Crippen MR) is 68.2 cm³/mol. The lowest BCUT2D eigenvalue weighted by Crippen LogP contribution is -2.34. The van der Waals surface area contributed by atoms with Gasteiger partial charge in [-0.2, -0.15) is 0 Å². The van der Waals surface area contributed by atoms with Gasteiger partial charge in [0.25, 0.3) is 0 Å².